The van der Waals surface area contributed by atoms with Gasteiger partial charge >= 0.3 is 0 Å². The molecule has 0 fully saturated rings. The van der Waals surface area contributed by atoms with Crippen molar-refractivity contribution in [2.45, 2.75) is 19.3 Å². The Morgan fingerprint density at radius 2 is 1.76 bits per heavy atom. The zero-order valence-electron chi connectivity index (χ0n) is 11.9. The first-order valence-corrected chi connectivity index (χ1v) is 7.73. The van der Waals surface area contributed by atoms with Gasteiger partial charge in [-0.15, -0.1) is 0 Å². The molecule has 0 aromatic heterocycles. The van der Waals surface area contributed by atoms with E-state index in [9.17, 15) is 0 Å². The van der Waals surface area contributed by atoms with Crippen LogP contribution in [0.4, 0.5) is 0 Å². The van der Waals surface area contributed by atoms with E-state index in [4.69, 9.17) is 0 Å². The molecule has 0 N–H and O–H groups in total. The number of rotatable bonds is 0. The Balaban J connectivity index is 1.80. The first-order chi connectivity index (χ1) is 10.4. The van der Waals surface area contributed by atoms with Crippen LogP contribution >= 0.6 is 0 Å². The topological polar surface area (TPSA) is 0 Å². The molecule has 0 radical (unpaired) electrons. The Kier molecular flexibility index (Phi) is 2.20. The van der Waals surface area contributed by atoms with Crippen LogP contribution in [0.2, 0.25) is 0 Å². The van der Waals surface area contributed by atoms with E-state index in [-0.39, 0.29) is 0 Å². The van der Waals surface area contributed by atoms with Crippen molar-refractivity contribution in [2.75, 3.05) is 0 Å². The zero-order valence-corrected chi connectivity index (χ0v) is 11.9. The summed E-state index contributed by atoms with van der Waals surface area (Å²) in [6, 6.07) is 18.2. The highest BCUT2D eigenvalue weighted by molar-refractivity contribution is 5.95. The molecular formula is C21H16. The minimum absolute atomic E-state index is 1.09. The fraction of sp³-hybridized carbons (Fsp3) is 0.143. The maximum Gasteiger partial charge on any atom is -0.000718 e. The van der Waals surface area contributed by atoms with Crippen molar-refractivity contribution in [3.05, 3.63) is 76.9 Å². The van der Waals surface area contributed by atoms with E-state index in [0.29, 0.717) is 0 Å². The van der Waals surface area contributed by atoms with Gasteiger partial charge in [0.05, 0.1) is 0 Å². The normalized spacial score (nSPS) is 14.9. The molecule has 0 heteroatoms. The van der Waals surface area contributed by atoms with E-state index >= 15 is 0 Å². The average Bonchev–Trinajstić information content (AvgIpc) is 2.90. The SMILES string of the molecule is C1=Cc2cc3c(cc2CC1)Cc1c-3ccc2ccccc12. The summed E-state index contributed by atoms with van der Waals surface area (Å²) in [5.41, 5.74) is 8.84. The van der Waals surface area contributed by atoms with Crippen LogP contribution in [0, 0.1) is 0 Å². The summed E-state index contributed by atoms with van der Waals surface area (Å²) < 4.78 is 0. The minimum Gasteiger partial charge on any atom is -0.0836 e. The number of hydrogen-bond acceptors (Lipinski definition) is 0. The smallest absolute Gasteiger partial charge is 0.000718 e. The Labute approximate surface area is 124 Å². The van der Waals surface area contributed by atoms with Gasteiger partial charge in [0.25, 0.3) is 0 Å². The van der Waals surface area contributed by atoms with Gasteiger partial charge in [0, 0.05) is 0 Å². The molecule has 0 aliphatic heterocycles. The molecular weight excluding hydrogens is 252 g/mol. The van der Waals surface area contributed by atoms with Crippen molar-refractivity contribution >= 4 is 16.8 Å². The van der Waals surface area contributed by atoms with Crippen molar-refractivity contribution in [3.63, 3.8) is 0 Å². The summed E-state index contributed by atoms with van der Waals surface area (Å²) in [4.78, 5) is 0. The van der Waals surface area contributed by atoms with Crippen LogP contribution in [-0.2, 0) is 12.8 Å². The van der Waals surface area contributed by atoms with Crippen LogP contribution in [0.25, 0.3) is 28.0 Å². The summed E-state index contributed by atoms with van der Waals surface area (Å²) in [5, 5.41) is 2.77. The predicted octanol–water partition coefficient (Wildman–Crippen LogP) is 5.37. The van der Waals surface area contributed by atoms with E-state index in [1.165, 1.54) is 57.0 Å². The Morgan fingerprint density at radius 3 is 2.76 bits per heavy atom. The monoisotopic (exact) mass is 268 g/mol. The lowest BCUT2D eigenvalue weighted by Gasteiger charge is -2.13. The summed E-state index contributed by atoms with van der Waals surface area (Å²) in [5.74, 6) is 0. The highest BCUT2D eigenvalue weighted by Gasteiger charge is 2.22. The van der Waals surface area contributed by atoms with Gasteiger partial charge < -0.3 is 0 Å². The van der Waals surface area contributed by atoms with E-state index in [0.717, 1.165) is 6.42 Å². The van der Waals surface area contributed by atoms with Crippen LogP contribution in [0.1, 0.15) is 28.7 Å². The fourth-order valence-electron chi connectivity index (χ4n) is 3.90. The molecule has 0 saturated carbocycles. The largest absolute Gasteiger partial charge is 0.0836 e. The second kappa shape index (κ2) is 4.08. The summed E-state index contributed by atoms with van der Waals surface area (Å²) in [6.07, 6.45) is 8.05. The summed E-state index contributed by atoms with van der Waals surface area (Å²) in [7, 11) is 0. The van der Waals surface area contributed by atoms with Gasteiger partial charge in [-0.2, -0.15) is 0 Å². The molecule has 0 nitrogen and oxygen atoms in total. The molecule has 0 saturated heterocycles. The van der Waals surface area contributed by atoms with Crippen LogP contribution in [0.3, 0.4) is 0 Å². The van der Waals surface area contributed by atoms with Crippen LogP contribution in [0.15, 0.2) is 54.6 Å². The van der Waals surface area contributed by atoms with Gasteiger partial charge in [-0.25, -0.2) is 0 Å². The molecule has 0 amide bonds. The summed E-state index contributed by atoms with van der Waals surface area (Å²) >= 11 is 0. The molecule has 0 unspecified atom stereocenters. The van der Waals surface area contributed by atoms with Gasteiger partial charge in [0.1, 0.15) is 0 Å². The second-order valence-electron chi connectivity index (χ2n) is 6.14. The molecule has 0 spiro atoms. The average molecular weight is 268 g/mol. The number of hydrogen-bond donors (Lipinski definition) is 0. The second-order valence-corrected chi connectivity index (χ2v) is 6.14. The van der Waals surface area contributed by atoms with Crippen LogP contribution < -0.4 is 0 Å². The van der Waals surface area contributed by atoms with Crippen molar-refractivity contribution in [1.29, 1.82) is 0 Å². The third kappa shape index (κ3) is 1.56. The Morgan fingerprint density at radius 1 is 0.810 bits per heavy atom. The van der Waals surface area contributed by atoms with Crippen LogP contribution in [0.5, 0.6) is 0 Å². The third-order valence-corrected chi connectivity index (χ3v) is 4.94. The fourth-order valence-corrected chi connectivity index (χ4v) is 3.90. The Hall–Kier alpha value is -2.34. The zero-order chi connectivity index (χ0) is 13.8. The van der Waals surface area contributed by atoms with Crippen LogP contribution in [-0.4, -0.2) is 0 Å². The number of allylic oxidation sites excluding steroid dienone is 1. The lowest BCUT2D eigenvalue weighted by Crippen LogP contribution is -1.95. The van der Waals surface area contributed by atoms with E-state index in [1.54, 1.807) is 0 Å². The first kappa shape index (κ1) is 11.3. The van der Waals surface area contributed by atoms with Gasteiger partial charge in [0.15, 0.2) is 0 Å². The number of fused-ring (bicyclic) bond motifs is 6. The molecule has 0 atom stereocenters. The molecule has 21 heavy (non-hydrogen) atoms. The molecule has 2 aliphatic rings. The van der Waals surface area contributed by atoms with Crippen molar-refractivity contribution in [1.82, 2.24) is 0 Å². The van der Waals surface area contributed by atoms with Gasteiger partial charge in [-0.1, -0.05) is 54.6 Å². The van der Waals surface area contributed by atoms with Gasteiger partial charge in [0.2, 0.25) is 0 Å². The highest BCUT2D eigenvalue weighted by Crippen LogP contribution is 2.42. The third-order valence-electron chi connectivity index (χ3n) is 4.94. The van der Waals surface area contributed by atoms with Gasteiger partial charge in [-0.05, 0) is 69.5 Å². The summed E-state index contributed by atoms with van der Waals surface area (Å²) in [6.45, 7) is 0. The van der Waals surface area contributed by atoms with E-state index in [1.807, 2.05) is 0 Å². The Bertz CT molecular complexity index is 913. The lowest BCUT2D eigenvalue weighted by atomic mass is 9.92. The maximum absolute atomic E-state index is 2.45. The molecule has 3 aromatic carbocycles. The quantitative estimate of drug-likeness (QED) is 0.402. The predicted molar refractivity (Wildman–Crippen MR) is 89.5 cm³/mol. The molecule has 0 heterocycles. The number of aryl methyl sites for hydroxylation is 1. The van der Waals surface area contributed by atoms with E-state index in [2.05, 4.69) is 60.7 Å². The number of benzene rings is 3. The standard InChI is InChI=1S/C21H16/c1-2-7-16-12-20-17(11-15(16)6-1)13-21-18-8-4-3-5-14(18)9-10-19(20)21/h2-5,7-12H,1,6,13H2. The van der Waals surface area contributed by atoms with Gasteiger partial charge in [-0.3, -0.25) is 0 Å². The van der Waals surface area contributed by atoms with Crippen molar-refractivity contribution in [3.8, 4) is 11.1 Å². The maximum atomic E-state index is 2.45. The van der Waals surface area contributed by atoms with Crippen molar-refractivity contribution < 1.29 is 0 Å². The molecule has 0 bridgehead atoms. The van der Waals surface area contributed by atoms with Crippen molar-refractivity contribution in [2.24, 2.45) is 0 Å². The molecule has 100 valence electrons. The molecule has 2 aliphatic carbocycles. The van der Waals surface area contributed by atoms with E-state index < -0.39 is 0 Å². The molecule has 5 rings (SSSR count). The first-order valence-electron chi connectivity index (χ1n) is 7.73. The highest BCUT2D eigenvalue weighted by atomic mass is 14.3. The molecule has 3 aromatic rings. The minimum atomic E-state index is 1.09. The lowest BCUT2D eigenvalue weighted by molar-refractivity contribution is 0.981.